The van der Waals surface area contributed by atoms with Crippen molar-refractivity contribution in [2.75, 3.05) is 55.2 Å². The van der Waals surface area contributed by atoms with Gasteiger partial charge in [0, 0.05) is 12.6 Å². The summed E-state index contributed by atoms with van der Waals surface area (Å²) in [6.45, 7) is 4.57. The fraction of sp³-hybridized carbons (Fsp3) is 0.536. The van der Waals surface area contributed by atoms with Gasteiger partial charge in [0.1, 0.15) is 11.5 Å². The SMILES string of the molecule is CCCC(C#N)(CCCN(C)CCCOc1cccc(OC)c1)c1cc(OC)c(OC)c(OC)c1. The molecule has 0 fully saturated rings. The van der Waals surface area contributed by atoms with E-state index in [1.54, 1.807) is 28.4 Å². The number of nitriles is 1. The molecule has 0 aliphatic rings. The van der Waals surface area contributed by atoms with E-state index in [4.69, 9.17) is 23.7 Å². The molecule has 1 unspecified atom stereocenters. The van der Waals surface area contributed by atoms with Crippen LogP contribution in [0.25, 0.3) is 0 Å². The lowest BCUT2D eigenvalue weighted by Crippen LogP contribution is -2.28. The summed E-state index contributed by atoms with van der Waals surface area (Å²) in [5.74, 6) is 3.30. The van der Waals surface area contributed by atoms with E-state index in [0.717, 1.165) is 62.3 Å². The van der Waals surface area contributed by atoms with E-state index < -0.39 is 5.41 Å². The molecule has 192 valence electrons. The number of hydrogen-bond acceptors (Lipinski definition) is 7. The van der Waals surface area contributed by atoms with E-state index in [1.807, 2.05) is 36.4 Å². The maximum absolute atomic E-state index is 10.3. The van der Waals surface area contributed by atoms with E-state index in [-0.39, 0.29) is 0 Å². The maximum atomic E-state index is 10.3. The van der Waals surface area contributed by atoms with Crippen molar-refractivity contribution in [3.05, 3.63) is 42.0 Å². The first-order valence-electron chi connectivity index (χ1n) is 12.1. The summed E-state index contributed by atoms with van der Waals surface area (Å²) in [5, 5.41) is 10.3. The predicted molar refractivity (Wildman–Crippen MR) is 138 cm³/mol. The zero-order valence-corrected chi connectivity index (χ0v) is 22.1. The molecule has 2 aromatic rings. The molecule has 7 nitrogen and oxygen atoms in total. The van der Waals surface area contributed by atoms with Crippen LogP contribution < -0.4 is 23.7 Å². The molecule has 35 heavy (non-hydrogen) atoms. The Labute approximate surface area is 210 Å². The van der Waals surface area contributed by atoms with Gasteiger partial charge in [-0.05, 0) is 69.1 Å². The number of nitrogens with zero attached hydrogens (tertiary/aromatic N) is 2. The Morgan fingerprint density at radius 2 is 1.51 bits per heavy atom. The summed E-state index contributed by atoms with van der Waals surface area (Å²) in [6.07, 6.45) is 4.24. The summed E-state index contributed by atoms with van der Waals surface area (Å²) in [4.78, 5) is 2.29. The quantitative estimate of drug-likeness (QED) is 0.293. The van der Waals surface area contributed by atoms with Crippen LogP contribution in [0.2, 0.25) is 0 Å². The molecule has 1 atom stereocenters. The molecule has 2 aromatic carbocycles. The fourth-order valence-electron chi connectivity index (χ4n) is 4.35. The molecule has 0 amide bonds. The van der Waals surface area contributed by atoms with Crippen LogP contribution >= 0.6 is 0 Å². The van der Waals surface area contributed by atoms with Crippen LogP contribution in [0.3, 0.4) is 0 Å². The highest BCUT2D eigenvalue weighted by Gasteiger charge is 2.33. The monoisotopic (exact) mass is 484 g/mol. The summed E-state index contributed by atoms with van der Waals surface area (Å²) >= 11 is 0. The van der Waals surface area contributed by atoms with E-state index >= 15 is 0 Å². The van der Waals surface area contributed by atoms with Gasteiger partial charge in [0.05, 0.1) is 46.5 Å². The Kier molecular flexibility index (Phi) is 11.5. The third-order valence-corrected chi connectivity index (χ3v) is 6.25. The maximum Gasteiger partial charge on any atom is 0.203 e. The molecule has 0 radical (unpaired) electrons. The normalized spacial score (nSPS) is 12.5. The second kappa shape index (κ2) is 14.3. The van der Waals surface area contributed by atoms with Gasteiger partial charge >= 0.3 is 0 Å². The minimum atomic E-state index is -0.613. The largest absolute Gasteiger partial charge is 0.497 e. The summed E-state index contributed by atoms with van der Waals surface area (Å²) in [7, 11) is 8.54. The van der Waals surface area contributed by atoms with Crippen LogP contribution in [0.4, 0.5) is 0 Å². The minimum absolute atomic E-state index is 0.540. The molecular formula is C28H40N2O5. The molecular weight excluding hydrogens is 444 g/mol. The van der Waals surface area contributed by atoms with Crippen molar-refractivity contribution in [2.24, 2.45) is 0 Å². The van der Waals surface area contributed by atoms with Crippen molar-refractivity contribution in [3.63, 3.8) is 0 Å². The van der Waals surface area contributed by atoms with Crippen LogP contribution in [0, 0.1) is 11.3 Å². The standard InChI is InChI=1S/C28H40N2O5/c1-7-13-28(21-29,22-18-25(32-4)27(34-6)26(19-22)33-5)14-9-15-30(2)16-10-17-35-24-12-8-11-23(20-24)31-3/h8,11-12,18-20H,7,9-10,13-17H2,1-6H3. The Morgan fingerprint density at radius 3 is 2.09 bits per heavy atom. The van der Waals surface area contributed by atoms with Gasteiger partial charge < -0.3 is 28.6 Å². The average molecular weight is 485 g/mol. The lowest BCUT2D eigenvalue weighted by atomic mass is 9.74. The molecule has 0 heterocycles. The van der Waals surface area contributed by atoms with E-state index in [2.05, 4.69) is 24.9 Å². The van der Waals surface area contributed by atoms with Crippen molar-refractivity contribution in [1.29, 1.82) is 5.26 Å². The van der Waals surface area contributed by atoms with Crippen molar-refractivity contribution in [2.45, 2.75) is 44.4 Å². The number of hydrogen-bond donors (Lipinski definition) is 0. The third-order valence-electron chi connectivity index (χ3n) is 6.25. The number of ether oxygens (including phenoxy) is 5. The van der Waals surface area contributed by atoms with Gasteiger partial charge in [0.25, 0.3) is 0 Å². The van der Waals surface area contributed by atoms with Gasteiger partial charge in [-0.1, -0.05) is 19.4 Å². The summed E-state index contributed by atoms with van der Waals surface area (Å²) in [5.41, 5.74) is 0.295. The van der Waals surface area contributed by atoms with E-state index in [1.165, 1.54) is 0 Å². The summed E-state index contributed by atoms with van der Waals surface area (Å²) in [6, 6.07) is 14.1. The van der Waals surface area contributed by atoms with Crippen molar-refractivity contribution < 1.29 is 23.7 Å². The smallest absolute Gasteiger partial charge is 0.203 e. The molecule has 0 aliphatic heterocycles. The molecule has 0 spiro atoms. The topological polar surface area (TPSA) is 73.2 Å². The molecule has 7 heteroatoms. The number of benzene rings is 2. The van der Waals surface area contributed by atoms with E-state index in [9.17, 15) is 5.26 Å². The first kappa shape index (κ1) is 28.1. The highest BCUT2D eigenvalue weighted by molar-refractivity contribution is 5.56. The lowest BCUT2D eigenvalue weighted by molar-refractivity contribution is 0.255. The Bertz CT molecular complexity index is 934. The highest BCUT2D eigenvalue weighted by Crippen LogP contribution is 2.44. The zero-order valence-electron chi connectivity index (χ0n) is 22.1. The van der Waals surface area contributed by atoms with Crippen molar-refractivity contribution in [1.82, 2.24) is 4.90 Å². The van der Waals surface area contributed by atoms with Crippen LogP contribution in [0.5, 0.6) is 28.7 Å². The average Bonchev–Trinajstić information content (AvgIpc) is 2.89. The van der Waals surface area contributed by atoms with Crippen LogP contribution in [-0.2, 0) is 5.41 Å². The molecule has 0 bridgehead atoms. The van der Waals surface area contributed by atoms with Gasteiger partial charge in [0.2, 0.25) is 5.75 Å². The molecule has 0 N–H and O–H groups in total. The van der Waals surface area contributed by atoms with Gasteiger partial charge in [-0.2, -0.15) is 5.26 Å². The Morgan fingerprint density at radius 1 is 0.857 bits per heavy atom. The zero-order chi connectivity index (χ0) is 25.7. The predicted octanol–water partition coefficient (Wildman–Crippen LogP) is 5.46. The minimum Gasteiger partial charge on any atom is -0.497 e. The first-order valence-corrected chi connectivity index (χ1v) is 12.1. The first-order chi connectivity index (χ1) is 17.0. The third kappa shape index (κ3) is 7.69. The van der Waals surface area contributed by atoms with Crippen molar-refractivity contribution in [3.8, 4) is 34.8 Å². The van der Waals surface area contributed by atoms with E-state index in [0.29, 0.717) is 23.9 Å². The van der Waals surface area contributed by atoms with Crippen molar-refractivity contribution >= 4 is 0 Å². The molecule has 0 saturated carbocycles. The van der Waals surface area contributed by atoms with Gasteiger partial charge in [-0.25, -0.2) is 0 Å². The Balaban J connectivity index is 1.96. The van der Waals surface area contributed by atoms with Crippen LogP contribution in [0.1, 0.15) is 44.6 Å². The van der Waals surface area contributed by atoms with Crippen LogP contribution in [-0.4, -0.2) is 60.1 Å². The van der Waals surface area contributed by atoms with Gasteiger partial charge in [-0.15, -0.1) is 0 Å². The second-order valence-electron chi connectivity index (χ2n) is 8.65. The van der Waals surface area contributed by atoms with Gasteiger partial charge in [-0.3, -0.25) is 0 Å². The lowest BCUT2D eigenvalue weighted by Gasteiger charge is -2.29. The molecule has 0 saturated heterocycles. The van der Waals surface area contributed by atoms with Gasteiger partial charge in [0.15, 0.2) is 11.5 Å². The number of rotatable bonds is 16. The fourth-order valence-corrected chi connectivity index (χ4v) is 4.35. The molecule has 0 aliphatic carbocycles. The highest BCUT2D eigenvalue weighted by atomic mass is 16.5. The Hall–Kier alpha value is -3.11. The summed E-state index contributed by atoms with van der Waals surface area (Å²) < 4.78 is 27.6. The number of methoxy groups -OCH3 is 4. The molecule has 2 rings (SSSR count). The van der Waals surface area contributed by atoms with Crippen LogP contribution in [0.15, 0.2) is 36.4 Å². The second-order valence-corrected chi connectivity index (χ2v) is 8.65. The molecule has 0 aromatic heterocycles.